The lowest BCUT2D eigenvalue weighted by Gasteiger charge is -2.14. The standard InChI is InChI=1S/C14H22N2O2.ClH/c1-12(16-14(17)8-5-9-15)10-18-11-13-6-3-2-4-7-13;/h2-4,6-7,12H,5,8-11,15H2,1H3,(H,16,17);1H. The van der Waals surface area contributed by atoms with Gasteiger partial charge in [-0.2, -0.15) is 0 Å². The lowest BCUT2D eigenvalue weighted by atomic mass is 10.2. The maximum absolute atomic E-state index is 11.4. The van der Waals surface area contributed by atoms with Gasteiger partial charge in [-0.25, -0.2) is 0 Å². The number of nitrogens with one attached hydrogen (secondary N) is 1. The van der Waals surface area contributed by atoms with Crippen molar-refractivity contribution in [3.05, 3.63) is 35.9 Å². The van der Waals surface area contributed by atoms with Crippen molar-refractivity contribution in [2.45, 2.75) is 32.4 Å². The second-order valence-electron chi connectivity index (χ2n) is 4.36. The number of rotatable bonds is 8. The zero-order valence-electron chi connectivity index (χ0n) is 11.3. The van der Waals surface area contributed by atoms with Crippen molar-refractivity contribution in [2.24, 2.45) is 5.73 Å². The van der Waals surface area contributed by atoms with Crippen LogP contribution in [0.1, 0.15) is 25.3 Å². The SMILES string of the molecule is CC(COCc1ccccc1)NC(=O)CCCN.Cl. The molecule has 0 aliphatic carbocycles. The van der Waals surface area contributed by atoms with Crippen molar-refractivity contribution < 1.29 is 9.53 Å². The molecule has 1 atom stereocenters. The molecule has 3 N–H and O–H groups in total. The van der Waals surface area contributed by atoms with Crippen molar-refractivity contribution in [1.29, 1.82) is 0 Å². The van der Waals surface area contributed by atoms with Gasteiger partial charge in [0.1, 0.15) is 0 Å². The second kappa shape index (κ2) is 10.8. The van der Waals surface area contributed by atoms with Gasteiger partial charge in [-0.05, 0) is 25.5 Å². The second-order valence-corrected chi connectivity index (χ2v) is 4.36. The molecule has 0 aromatic heterocycles. The lowest BCUT2D eigenvalue weighted by molar-refractivity contribution is -0.122. The predicted molar refractivity (Wildman–Crippen MR) is 79.2 cm³/mol. The molecule has 108 valence electrons. The average Bonchev–Trinajstić information content (AvgIpc) is 2.37. The van der Waals surface area contributed by atoms with Gasteiger partial charge in [0.2, 0.25) is 5.91 Å². The van der Waals surface area contributed by atoms with E-state index in [1.54, 1.807) is 0 Å². The Labute approximate surface area is 121 Å². The fourth-order valence-corrected chi connectivity index (χ4v) is 1.58. The Morgan fingerprint density at radius 3 is 2.68 bits per heavy atom. The van der Waals surface area contributed by atoms with Gasteiger partial charge in [-0.1, -0.05) is 30.3 Å². The molecule has 5 heteroatoms. The summed E-state index contributed by atoms with van der Waals surface area (Å²) in [4.78, 5) is 11.4. The van der Waals surface area contributed by atoms with Crippen LogP contribution in [0.4, 0.5) is 0 Å². The molecule has 0 bridgehead atoms. The van der Waals surface area contributed by atoms with Gasteiger partial charge < -0.3 is 15.8 Å². The summed E-state index contributed by atoms with van der Waals surface area (Å²) >= 11 is 0. The number of amides is 1. The number of carbonyl (C=O) groups is 1. The Bertz CT molecular complexity index is 347. The van der Waals surface area contributed by atoms with Gasteiger partial charge >= 0.3 is 0 Å². The van der Waals surface area contributed by atoms with Crippen LogP contribution in [0.2, 0.25) is 0 Å². The highest BCUT2D eigenvalue weighted by atomic mass is 35.5. The highest BCUT2D eigenvalue weighted by Crippen LogP contribution is 2.01. The Morgan fingerprint density at radius 1 is 1.37 bits per heavy atom. The van der Waals surface area contributed by atoms with E-state index in [4.69, 9.17) is 10.5 Å². The van der Waals surface area contributed by atoms with Crippen molar-refractivity contribution in [1.82, 2.24) is 5.32 Å². The Hall–Kier alpha value is -1.10. The van der Waals surface area contributed by atoms with E-state index in [2.05, 4.69) is 5.32 Å². The number of nitrogens with two attached hydrogens (primary N) is 1. The number of halogens is 1. The van der Waals surface area contributed by atoms with Crippen LogP contribution in [0.25, 0.3) is 0 Å². The average molecular weight is 287 g/mol. The highest BCUT2D eigenvalue weighted by molar-refractivity contribution is 5.85. The van der Waals surface area contributed by atoms with E-state index < -0.39 is 0 Å². The summed E-state index contributed by atoms with van der Waals surface area (Å²) in [5.74, 6) is 0.0382. The minimum absolute atomic E-state index is 0. The minimum atomic E-state index is 0. The van der Waals surface area contributed by atoms with E-state index in [0.717, 1.165) is 12.0 Å². The third-order valence-corrected chi connectivity index (χ3v) is 2.49. The summed E-state index contributed by atoms with van der Waals surface area (Å²) in [7, 11) is 0. The first-order valence-corrected chi connectivity index (χ1v) is 6.33. The molecule has 0 aliphatic rings. The van der Waals surface area contributed by atoms with Crippen LogP contribution in [0, 0.1) is 0 Å². The molecule has 1 amide bonds. The third kappa shape index (κ3) is 8.59. The number of ether oxygens (including phenoxy) is 1. The van der Waals surface area contributed by atoms with E-state index in [1.165, 1.54) is 0 Å². The van der Waals surface area contributed by atoms with Gasteiger partial charge in [0, 0.05) is 12.5 Å². The van der Waals surface area contributed by atoms with E-state index in [0.29, 0.717) is 26.2 Å². The van der Waals surface area contributed by atoms with Crippen LogP contribution in [0.15, 0.2) is 30.3 Å². The van der Waals surface area contributed by atoms with Crippen LogP contribution in [0.3, 0.4) is 0 Å². The van der Waals surface area contributed by atoms with Crippen molar-refractivity contribution in [2.75, 3.05) is 13.2 Å². The third-order valence-electron chi connectivity index (χ3n) is 2.49. The molecule has 1 aromatic carbocycles. The van der Waals surface area contributed by atoms with Gasteiger partial charge in [0.25, 0.3) is 0 Å². The van der Waals surface area contributed by atoms with Gasteiger partial charge in [-0.15, -0.1) is 12.4 Å². The molecule has 1 unspecified atom stereocenters. The Morgan fingerprint density at radius 2 is 2.05 bits per heavy atom. The van der Waals surface area contributed by atoms with Crippen LogP contribution in [0.5, 0.6) is 0 Å². The van der Waals surface area contributed by atoms with Crippen LogP contribution < -0.4 is 11.1 Å². The molecule has 0 fully saturated rings. The zero-order valence-corrected chi connectivity index (χ0v) is 12.1. The number of benzene rings is 1. The molecule has 0 saturated carbocycles. The Kier molecular flexibility index (Phi) is 10.2. The monoisotopic (exact) mass is 286 g/mol. The van der Waals surface area contributed by atoms with E-state index in [1.807, 2.05) is 37.3 Å². The first-order valence-electron chi connectivity index (χ1n) is 6.33. The molecular formula is C14H23ClN2O2. The molecule has 0 radical (unpaired) electrons. The summed E-state index contributed by atoms with van der Waals surface area (Å²) in [5, 5.41) is 2.88. The maximum atomic E-state index is 11.4. The number of carbonyl (C=O) groups excluding carboxylic acids is 1. The van der Waals surface area contributed by atoms with Gasteiger partial charge in [0.05, 0.1) is 13.2 Å². The van der Waals surface area contributed by atoms with Crippen molar-refractivity contribution >= 4 is 18.3 Å². The normalized spacial score (nSPS) is 11.5. The van der Waals surface area contributed by atoms with Crippen LogP contribution in [-0.4, -0.2) is 25.1 Å². The molecule has 4 nitrogen and oxygen atoms in total. The molecule has 19 heavy (non-hydrogen) atoms. The van der Waals surface area contributed by atoms with Crippen molar-refractivity contribution in [3.8, 4) is 0 Å². The molecule has 0 aliphatic heterocycles. The molecule has 0 spiro atoms. The van der Waals surface area contributed by atoms with Gasteiger partial charge in [0.15, 0.2) is 0 Å². The summed E-state index contributed by atoms with van der Waals surface area (Å²) in [6.45, 7) is 3.57. The molecule has 1 aromatic rings. The molecule has 0 saturated heterocycles. The molecular weight excluding hydrogens is 264 g/mol. The minimum Gasteiger partial charge on any atom is -0.375 e. The summed E-state index contributed by atoms with van der Waals surface area (Å²) in [5.41, 5.74) is 6.49. The predicted octanol–water partition coefficient (Wildman–Crippen LogP) is 1.87. The maximum Gasteiger partial charge on any atom is 0.220 e. The summed E-state index contributed by atoms with van der Waals surface area (Å²) in [6, 6.07) is 10.0. The first kappa shape index (κ1) is 17.9. The van der Waals surface area contributed by atoms with Crippen LogP contribution in [-0.2, 0) is 16.1 Å². The van der Waals surface area contributed by atoms with Gasteiger partial charge in [-0.3, -0.25) is 4.79 Å². The van der Waals surface area contributed by atoms with Crippen molar-refractivity contribution in [3.63, 3.8) is 0 Å². The highest BCUT2D eigenvalue weighted by Gasteiger charge is 2.06. The van der Waals surface area contributed by atoms with E-state index in [-0.39, 0.29) is 24.4 Å². The smallest absolute Gasteiger partial charge is 0.220 e. The molecule has 1 rings (SSSR count). The van der Waals surface area contributed by atoms with Crippen LogP contribution >= 0.6 is 12.4 Å². The molecule has 0 heterocycles. The quantitative estimate of drug-likeness (QED) is 0.767. The number of hydrogen-bond donors (Lipinski definition) is 2. The van der Waals surface area contributed by atoms with E-state index >= 15 is 0 Å². The topological polar surface area (TPSA) is 64.3 Å². The zero-order chi connectivity index (χ0) is 13.2. The lowest BCUT2D eigenvalue weighted by Crippen LogP contribution is -2.35. The fourth-order valence-electron chi connectivity index (χ4n) is 1.58. The Balaban J connectivity index is 0.00000324. The van der Waals surface area contributed by atoms with E-state index in [9.17, 15) is 4.79 Å². The first-order chi connectivity index (χ1) is 8.72. The summed E-state index contributed by atoms with van der Waals surface area (Å²) in [6.07, 6.45) is 1.21. The summed E-state index contributed by atoms with van der Waals surface area (Å²) < 4.78 is 5.55. The fraction of sp³-hybridized carbons (Fsp3) is 0.500. The largest absolute Gasteiger partial charge is 0.375 e. The number of hydrogen-bond acceptors (Lipinski definition) is 3.